The van der Waals surface area contributed by atoms with E-state index in [1.54, 1.807) is 12.4 Å². The summed E-state index contributed by atoms with van der Waals surface area (Å²) in [6, 6.07) is 9.48. The molecule has 0 aliphatic rings. The fourth-order valence-corrected chi connectivity index (χ4v) is 3.17. The van der Waals surface area contributed by atoms with Crippen LogP contribution in [0, 0.1) is 6.92 Å². The van der Waals surface area contributed by atoms with Crippen molar-refractivity contribution in [2.75, 3.05) is 0 Å². The second-order valence-corrected chi connectivity index (χ2v) is 5.93. The predicted octanol–water partition coefficient (Wildman–Crippen LogP) is 4.61. The highest BCUT2D eigenvalue weighted by molar-refractivity contribution is 6.14. The molecule has 2 heterocycles. The van der Waals surface area contributed by atoms with E-state index in [2.05, 4.69) is 23.2 Å². The SMILES string of the molecule is CCCCCc1c(C)c(C(=O)c2ccccc2)c2cnccn12. The number of aryl methyl sites for hydroxylation is 1. The van der Waals surface area contributed by atoms with Crippen LogP contribution in [0.3, 0.4) is 0 Å². The molecule has 0 saturated heterocycles. The van der Waals surface area contributed by atoms with E-state index in [-0.39, 0.29) is 5.78 Å². The Balaban J connectivity index is 2.10. The van der Waals surface area contributed by atoms with Crippen molar-refractivity contribution in [1.82, 2.24) is 9.38 Å². The maximum absolute atomic E-state index is 13.0. The van der Waals surface area contributed by atoms with E-state index in [0.717, 1.165) is 35.0 Å². The minimum Gasteiger partial charge on any atom is -0.317 e. The average molecular weight is 306 g/mol. The summed E-state index contributed by atoms with van der Waals surface area (Å²) in [7, 11) is 0. The first-order chi connectivity index (χ1) is 11.2. The lowest BCUT2D eigenvalue weighted by Gasteiger charge is -2.03. The molecule has 0 bridgehead atoms. The van der Waals surface area contributed by atoms with Crippen molar-refractivity contribution in [3.8, 4) is 0 Å². The monoisotopic (exact) mass is 306 g/mol. The van der Waals surface area contributed by atoms with Crippen molar-refractivity contribution >= 4 is 11.3 Å². The Labute approximate surface area is 137 Å². The highest BCUT2D eigenvalue weighted by Gasteiger charge is 2.21. The number of ketones is 1. The van der Waals surface area contributed by atoms with Gasteiger partial charge in [0.1, 0.15) is 0 Å². The summed E-state index contributed by atoms with van der Waals surface area (Å²) >= 11 is 0. The van der Waals surface area contributed by atoms with E-state index in [0.29, 0.717) is 0 Å². The maximum atomic E-state index is 13.0. The summed E-state index contributed by atoms with van der Waals surface area (Å²) in [5.74, 6) is 0.0790. The van der Waals surface area contributed by atoms with Crippen LogP contribution in [0.4, 0.5) is 0 Å². The standard InChI is InChI=1S/C20H22N2O/c1-3-4-6-11-17-15(2)19(18-14-21-12-13-22(17)18)20(23)16-9-7-5-8-10-16/h5,7-10,12-14H,3-4,6,11H2,1-2H3. The molecule has 0 fully saturated rings. The van der Waals surface area contributed by atoms with Gasteiger partial charge in [0.2, 0.25) is 0 Å². The Morgan fingerprint density at radius 3 is 2.70 bits per heavy atom. The lowest BCUT2D eigenvalue weighted by atomic mass is 9.99. The molecule has 118 valence electrons. The van der Waals surface area contributed by atoms with Crippen molar-refractivity contribution in [3.63, 3.8) is 0 Å². The molecule has 0 spiro atoms. The average Bonchev–Trinajstić information content (AvgIpc) is 2.87. The van der Waals surface area contributed by atoms with Crippen LogP contribution in [-0.2, 0) is 6.42 Å². The summed E-state index contributed by atoms with van der Waals surface area (Å²) in [4.78, 5) is 17.2. The minimum atomic E-state index is 0.0790. The van der Waals surface area contributed by atoms with Gasteiger partial charge >= 0.3 is 0 Å². The second kappa shape index (κ2) is 6.78. The number of fused-ring (bicyclic) bond motifs is 1. The topological polar surface area (TPSA) is 34.4 Å². The number of hydrogen-bond donors (Lipinski definition) is 0. The molecule has 0 N–H and O–H groups in total. The Hall–Kier alpha value is -2.42. The molecule has 3 rings (SSSR count). The quantitative estimate of drug-likeness (QED) is 0.492. The molecular weight excluding hydrogens is 284 g/mol. The molecular formula is C20H22N2O. The van der Waals surface area contributed by atoms with Crippen molar-refractivity contribution in [1.29, 1.82) is 0 Å². The van der Waals surface area contributed by atoms with E-state index >= 15 is 0 Å². The Kier molecular flexibility index (Phi) is 4.56. The van der Waals surface area contributed by atoms with Gasteiger partial charge in [-0.25, -0.2) is 0 Å². The fourth-order valence-electron chi connectivity index (χ4n) is 3.17. The highest BCUT2D eigenvalue weighted by Crippen LogP contribution is 2.26. The molecule has 3 nitrogen and oxygen atoms in total. The first kappa shape index (κ1) is 15.5. The van der Waals surface area contributed by atoms with E-state index < -0.39 is 0 Å². The molecule has 0 radical (unpaired) electrons. The summed E-state index contributed by atoms with van der Waals surface area (Å²) in [5, 5.41) is 0. The van der Waals surface area contributed by atoms with E-state index in [1.807, 2.05) is 36.5 Å². The van der Waals surface area contributed by atoms with Crippen LogP contribution in [-0.4, -0.2) is 15.2 Å². The lowest BCUT2D eigenvalue weighted by molar-refractivity contribution is 0.104. The van der Waals surface area contributed by atoms with Gasteiger partial charge in [-0.15, -0.1) is 0 Å². The number of carbonyl (C=O) groups is 1. The molecule has 0 amide bonds. The van der Waals surface area contributed by atoms with Crippen molar-refractivity contribution in [2.24, 2.45) is 0 Å². The molecule has 0 aliphatic carbocycles. The highest BCUT2D eigenvalue weighted by atomic mass is 16.1. The largest absolute Gasteiger partial charge is 0.317 e. The molecule has 3 heteroatoms. The van der Waals surface area contributed by atoms with Crippen LogP contribution in [0.5, 0.6) is 0 Å². The molecule has 0 saturated carbocycles. The van der Waals surface area contributed by atoms with E-state index in [4.69, 9.17) is 0 Å². The first-order valence-electron chi connectivity index (χ1n) is 8.27. The molecule has 2 aromatic heterocycles. The van der Waals surface area contributed by atoms with Crippen LogP contribution in [0.15, 0.2) is 48.9 Å². The predicted molar refractivity (Wildman–Crippen MR) is 93.0 cm³/mol. The van der Waals surface area contributed by atoms with Crippen LogP contribution < -0.4 is 0 Å². The third-order valence-electron chi connectivity index (χ3n) is 4.39. The van der Waals surface area contributed by atoms with Gasteiger partial charge < -0.3 is 4.40 Å². The molecule has 23 heavy (non-hydrogen) atoms. The number of benzene rings is 1. The zero-order valence-corrected chi connectivity index (χ0v) is 13.7. The lowest BCUT2D eigenvalue weighted by Crippen LogP contribution is -2.02. The number of aromatic nitrogens is 2. The molecule has 0 unspecified atom stereocenters. The van der Waals surface area contributed by atoms with E-state index in [9.17, 15) is 4.79 Å². The normalized spacial score (nSPS) is 11.0. The first-order valence-corrected chi connectivity index (χ1v) is 8.27. The van der Waals surface area contributed by atoms with Crippen LogP contribution in [0.2, 0.25) is 0 Å². The Morgan fingerprint density at radius 2 is 1.96 bits per heavy atom. The van der Waals surface area contributed by atoms with Gasteiger partial charge in [-0.3, -0.25) is 9.78 Å². The fraction of sp³-hybridized carbons (Fsp3) is 0.300. The van der Waals surface area contributed by atoms with Gasteiger partial charge in [0.15, 0.2) is 5.78 Å². The number of rotatable bonds is 6. The van der Waals surface area contributed by atoms with Gasteiger partial charge in [-0.05, 0) is 25.3 Å². The maximum Gasteiger partial charge on any atom is 0.195 e. The summed E-state index contributed by atoms with van der Waals surface area (Å²) in [5.41, 5.74) is 4.74. The smallest absolute Gasteiger partial charge is 0.195 e. The Bertz CT molecular complexity index is 818. The van der Waals surface area contributed by atoms with Crippen molar-refractivity contribution in [2.45, 2.75) is 39.5 Å². The van der Waals surface area contributed by atoms with Gasteiger partial charge in [-0.2, -0.15) is 0 Å². The van der Waals surface area contributed by atoms with Gasteiger partial charge in [0.25, 0.3) is 0 Å². The molecule has 1 aromatic carbocycles. The van der Waals surface area contributed by atoms with Crippen LogP contribution in [0.1, 0.15) is 53.4 Å². The molecule has 0 atom stereocenters. The summed E-state index contributed by atoms with van der Waals surface area (Å²) < 4.78 is 2.13. The zero-order chi connectivity index (χ0) is 16.2. The third kappa shape index (κ3) is 2.91. The minimum absolute atomic E-state index is 0.0790. The van der Waals surface area contributed by atoms with Crippen molar-refractivity contribution < 1.29 is 4.79 Å². The molecule has 0 aliphatic heterocycles. The van der Waals surface area contributed by atoms with Gasteiger partial charge in [0, 0.05) is 23.7 Å². The van der Waals surface area contributed by atoms with Crippen LogP contribution in [0.25, 0.3) is 5.52 Å². The van der Waals surface area contributed by atoms with Crippen molar-refractivity contribution in [3.05, 3.63) is 71.3 Å². The van der Waals surface area contributed by atoms with E-state index in [1.165, 1.54) is 18.5 Å². The number of nitrogens with zero attached hydrogens (tertiary/aromatic N) is 2. The summed E-state index contributed by atoms with van der Waals surface area (Å²) in [6.07, 6.45) is 10.1. The van der Waals surface area contributed by atoms with Gasteiger partial charge in [-0.1, -0.05) is 50.1 Å². The second-order valence-electron chi connectivity index (χ2n) is 5.93. The third-order valence-corrected chi connectivity index (χ3v) is 4.39. The number of unbranched alkanes of at least 4 members (excludes halogenated alkanes) is 2. The van der Waals surface area contributed by atoms with Crippen LogP contribution >= 0.6 is 0 Å². The summed E-state index contributed by atoms with van der Waals surface area (Å²) in [6.45, 7) is 4.27. The Morgan fingerprint density at radius 1 is 1.17 bits per heavy atom. The number of carbonyl (C=O) groups excluding carboxylic acids is 1. The molecule has 3 aromatic rings. The zero-order valence-electron chi connectivity index (χ0n) is 13.7. The van der Waals surface area contributed by atoms with Gasteiger partial charge in [0.05, 0.1) is 17.3 Å². The number of hydrogen-bond acceptors (Lipinski definition) is 2.